The molecule has 1 aromatic carbocycles. The van der Waals surface area contributed by atoms with Crippen LogP contribution in [-0.4, -0.2) is 57.5 Å². The largest absolute Gasteiger partial charge is 0.399 e. The monoisotopic (exact) mass is 276 g/mol. The van der Waals surface area contributed by atoms with E-state index in [9.17, 15) is 0 Å². The Bertz CT molecular complexity index is 469. The molecule has 0 aliphatic carbocycles. The van der Waals surface area contributed by atoms with Crippen LogP contribution in [0.3, 0.4) is 0 Å². The van der Waals surface area contributed by atoms with Gasteiger partial charge in [0, 0.05) is 17.9 Å². The van der Waals surface area contributed by atoms with Gasteiger partial charge < -0.3 is 19.9 Å². The van der Waals surface area contributed by atoms with Crippen LogP contribution in [0.4, 0.5) is 11.4 Å². The molecule has 1 fully saturated rings. The van der Waals surface area contributed by atoms with Gasteiger partial charge in [0.25, 0.3) is 0 Å². The third kappa shape index (κ3) is 2.91. The Morgan fingerprint density at radius 2 is 2.10 bits per heavy atom. The number of morpholine rings is 1. The van der Waals surface area contributed by atoms with Crippen LogP contribution in [0.25, 0.3) is 0 Å². The second-order valence-corrected chi connectivity index (χ2v) is 6.38. The summed E-state index contributed by atoms with van der Waals surface area (Å²) in [4.78, 5) is 2.52. The first-order valence-electron chi connectivity index (χ1n) is 7.71. The van der Waals surface area contributed by atoms with Gasteiger partial charge >= 0.3 is 0 Å². The minimum atomic E-state index is 0.877. The summed E-state index contributed by atoms with van der Waals surface area (Å²) in [6.07, 6.45) is 2.44. The Balaban J connectivity index is 1.68. The summed E-state index contributed by atoms with van der Waals surface area (Å²) in [6.45, 7) is 7.55. The molecule has 2 heterocycles. The zero-order chi connectivity index (χ0) is 14.0. The fraction of sp³-hybridized carbons (Fsp3) is 0.625. The summed E-state index contributed by atoms with van der Waals surface area (Å²) < 4.78 is 6.62. The van der Waals surface area contributed by atoms with Crippen molar-refractivity contribution in [3.05, 3.63) is 23.8 Å². The molecular formula is C16H26N3O+. The molecule has 0 saturated carbocycles. The molecule has 1 saturated heterocycles. The van der Waals surface area contributed by atoms with E-state index in [2.05, 4.69) is 24.1 Å². The molecule has 4 heteroatoms. The lowest BCUT2D eigenvalue weighted by Gasteiger charge is -2.40. The molecule has 110 valence electrons. The van der Waals surface area contributed by atoms with Gasteiger partial charge in [0.1, 0.15) is 13.1 Å². The number of nitrogen functional groups attached to an aromatic ring is 1. The molecule has 4 nitrogen and oxygen atoms in total. The quantitative estimate of drug-likeness (QED) is 0.671. The molecule has 1 aromatic rings. The van der Waals surface area contributed by atoms with E-state index in [4.69, 9.17) is 10.5 Å². The summed E-state index contributed by atoms with van der Waals surface area (Å²) in [5.41, 5.74) is 9.65. The highest BCUT2D eigenvalue weighted by Crippen LogP contribution is 2.29. The van der Waals surface area contributed by atoms with Gasteiger partial charge in [0.2, 0.25) is 0 Å². The number of ether oxygens (including phenoxy) is 1. The molecule has 0 atom stereocenters. The van der Waals surface area contributed by atoms with Crippen molar-refractivity contribution in [2.24, 2.45) is 0 Å². The topological polar surface area (TPSA) is 38.5 Å². The highest BCUT2D eigenvalue weighted by atomic mass is 16.5. The number of likely N-dealkylation sites (N-methyl/N-ethyl adjacent to an activating group) is 1. The molecule has 2 aliphatic rings. The molecule has 0 amide bonds. The van der Waals surface area contributed by atoms with Gasteiger partial charge in [-0.2, -0.15) is 0 Å². The van der Waals surface area contributed by atoms with Crippen molar-refractivity contribution in [1.82, 2.24) is 0 Å². The first-order valence-corrected chi connectivity index (χ1v) is 7.71. The maximum atomic E-state index is 5.96. The number of anilines is 2. The number of nitrogens with two attached hydrogens (primary N) is 1. The van der Waals surface area contributed by atoms with E-state index in [1.54, 1.807) is 0 Å². The van der Waals surface area contributed by atoms with Crippen molar-refractivity contribution in [2.75, 3.05) is 63.6 Å². The molecule has 3 rings (SSSR count). The predicted octanol–water partition coefficient (Wildman–Crippen LogP) is 1.50. The second kappa shape index (κ2) is 5.62. The Hall–Kier alpha value is -1.26. The van der Waals surface area contributed by atoms with E-state index in [0.717, 1.165) is 49.6 Å². The number of hydrogen-bond acceptors (Lipinski definition) is 3. The van der Waals surface area contributed by atoms with E-state index in [0.29, 0.717) is 0 Å². The zero-order valence-electron chi connectivity index (χ0n) is 12.5. The molecule has 20 heavy (non-hydrogen) atoms. The van der Waals surface area contributed by atoms with Crippen LogP contribution in [0.5, 0.6) is 0 Å². The first-order chi connectivity index (χ1) is 9.66. The summed E-state index contributed by atoms with van der Waals surface area (Å²) in [6, 6.07) is 6.37. The Kier molecular flexibility index (Phi) is 3.85. The molecule has 0 radical (unpaired) electrons. The number of rotatable bonds is 3. The van der Waals surface area contributed by atoms with Gasteiger partial charge in [0.05, 0.1) is 33.4 Å². The SMILES string of the molecule is C[N+]1(CCN2CCCc3ccc(N)cc32)CCOCC1. The lowest BCUT2D eigenvalue weighted by molar-refractivity contribution is -0.915. The maximum Gasteiger partial charge on any atom is 0.102 e. The third-order valence-electron chi connectivity index (χ3n) is 4.78. The van der Waals surface area contributed by atoms with Crippen LogP contribution in [-0.2, 0) is 11.2 Å². The van der Waals surface area contributed by atoms with Gasteiger partial charge in [-0.1, -0.05) is 6.07 Å². The fourth-order valence-corrected chi connectivity index (χ4v) is 3.27. The number of benzene rings is 1. The summed E-state index contributed by atoms with van der Waals surface area (Å²) >= 11 is 0. The van der Waals surface area contributed by atoms with Crippen molar-refractivity contribution >= 4 is 11.4 Å². The van der Waals surface area contributed by atoms with Crippen LogP contribution >= 0.6 is 0 Å². The Morgan fingerprint density at radius 1 is 1.30 bits per heavy atom. The Morgan fingerprint density at radius 3 is 2.90 bits per heavy atom. The van der Waals surface area contributed by atoms with Gasteiger partial charge in [-0.05, 0) is 30.5 Å². The van der Waals surface area contributed by atoms with Crippen LogP contribution in [0.2, 0.25) is 0 Å². The standard InChI is InChI=1S/C16H26N3O/c1-19(9-11-20-12-10-19)8-7-18-6-2-3-14-4-5-15(17)13-16(14)18/h4-5,13H,2-3,6-12,17H2,1H3/q+1. The molecule has 0 unspecified atom stereocenters. The number of quaternary nitrogens is 1. The van der Waals surface area contributed by atoms with Crippen LogP contribution in [0.1, 0.15) is 12.0 Å². The van der Waals surface area contributed by atoms with E-state index in [1.165, 1.54) is 30.6 Å². The Labute approximate surface area is 121 Å². The number of hydrogen-bond donors (Lipinski definition) is 1. The summed E-state index contributed by atoms with van der Waals surface area (Å²) in [5.74, 6) is 0. The van der Waals surface area contributed by atoms with E-state index >= 15 is 0 Å². The summed E-state index contributed by atoms with van der Waals surface area (Å²) in [7, 11) is 2.35. The van der Waals surface area contributed by atoms with E-state index in [-0.39, 0.29) is 0 Å². The van der Waals surface area contributed by atoms with Crippen molar-refractivity contribution < 1.29 is 9.22 Å². The molecular weight excluding hydrogens is 250 g/mol. The first kappa shape index (κ1) is 13.7. The van der Waals surface area contributed by atoms with E-state index < -0.39 is 0 Å². The molecule has 0 aromatic heterocycles. The second-order valence-electron chi connectivity index (χ2n) is 6.38. The van der Waals surface area contributed by atoms with Gasteiger partial charge in [-0.3, -0.25) is 0 Å². The molecule has 0 bridgehead atoms. The maximum absolute atomic E-state index is 5.96. The van der Waals surface area contributed by atoms with Crippen molar-refractivity contribution in [3.8, 4) is 0 Å². The van der Waals surface area contributed by atoms with Crippen molar-refractivity contribution in [3.63, 3.8) is 0 Å². The van der Waals surface area contributed by atoms with Gasteiger partial charge in [-0.25, -0.2) is 0 Å². The minimum Gasteiger partial charge on any atom is -0.399 e. The average Bonchev–Trinajstić information content (AvgIpc) is 2.46. The van der Waals surface area contributed by atoms with Crippen LogP contribution in [0.15, 0.2) is 18.2 Å². The smallest absolute Gasteiger partial charge is 0.102 e. The highest BCUT2D eigenvalue weighted by Gasteiger charge is 2.27. The van der Waals surface area contributed by atoms with E-state index in [1.807, 2.05) is 6.07 Å². The molecule has 2 N–H and O–H groups in total. The van der Waals surface area contributed by atoms with Gasteiger partial charge in [0.15, 0.2) is 0 Å². The third-order valence-corrected chi connectivity index (χ3v) is 4.78. The minimum absolute atomic E-state index is 0.877. The lowest BCUT2D eigenvalue weighted by Crippen LogP contribution is -2.55. The number of nitrogens with zero attached hydrogens (tertiary/aromatic N) is 2. The average molecular weight is 276 g/mol. The van der Waals surface area contributed by atoms with Crippen molar-refractivity contribution in [2.45, 2.75) is 12.8 Å². The van der Waals surface area contributed by atoms with Gasteiger partial charge in [-0.15, -0.1) is 0 Å². The van der Waals surface area contributed by atoms with Crippen LogP contribution in [0, 0.1) is 0 Å². The normalized spacial score (nSPS) is 21.6. The fourth-order valence-electron chi connectivity index (χ4n) is 3.27. The zero-order valence-corrected chi connectivity index (χ0v) is 12.5. The van der Waals surface area contributed by atoms with Crippen LogP contribution < -0.4 is 10.6 Å². The lowest BCUT2D eigenvalue weighted by atomic mass is 10.0. The number of aryl methyl sites for hydroxylation is 1. The summed E-state index contributed by atoms with van der Waals surface area (Å²) in [5, 5.41) is 0. The molecule has 0 spiro atoms. The highest BCUT2D eigenvalue weighted by molar-refractivity contribution is 5.62. The van der Waals surface area contributed by atoms with Crippen molar-refractivity contribution in [1.29, 1.82) is 0 Å². The predicted molar refractivity (Wildman–Crippen MR) is 83.0 cm³/mol. The number of fused-ring (bicyclic) bond motifs is 1. The molecule has 2 aliphatic heterocycles.